The van der Waals surface area contributed by atoms with E-state index in [4.69, 9.17) is 0 Å². The first-order valence-electron chi connectivity index (χ1n) is 8.33. The lowest BCUT2D eigenvalue weighted by Crippen LogP contribution is -2.48. The molecule has 2 unspecified atom stereocenters. The fraction of sp³-hybridized carbons (Fsp3) is 0.812. The van der Waals surface area contributed by atoms with Gasteiger partial charge in [-0.1, -0.05) is 12.8 Å². The van der Waals surface area contributed by atoms with E-state index in [-0.39, 0.29) is 36.2 Å². The van der Waals surface area contributed by atoms with Gasteiger partial charge in [-0.15, -0.1) is 0 Å². The Morgan fingerprint density at radius 1 is 1.23 bits per heavy atom. The molecule has 0 aromatic carbocycles. The van der Waals surface area contributed by atoms with Crippen LogP contribution in [0.4, 0.5) is 0 Å². The molecule has 1 saturated heterocycles. The van der Waals surface area contributed by atoms with Gasteiger partial charge in [-0.05, 0) is 32.6 Å². The lowest BCUT2D eigenvalue weighted by molar-refractivity contribution is -0.151. The van der Waals surface area contributed by atoms with Gasteiger partial charge in [0.1, 0.15) is 6.04 Å². The molecule has 0 bridgehead atoms. The van der Waals surface area contributed by atoms with Crippen LogP contribution in [0.25, 0.3) is 0 Å². The van der Waals surface area contributed by atoms with Crippen molar-refractivity contribution in [2.45, 2.75) is 70.0 Å². The molecule has 0 radical (unpaired) electrons. The Kier molecular flexibility index (Phi) is 4.10. The van der Waals surface area contributed by atoms with Crippen LogP contribution in [0.2, 0.25) is 0 Å². The van der Waals surface area contributed by atoms with E-state index in [0.29, 0.717) is 6.54 Å². The van der Waals surface area contributed by atoms with E-state index in [2.05, 4.69) is 0 Å². The van der Waals surface area contributed by atoms with Gasteiger partial charge in [0, 0.05) is 25.0 Å². The maximum Gasteiger partial charge on any atom is 0.326 e. The van der Waals surface area contributed by atoms with Crippen molar-refractivity contribution in [3.05, 3.63) is 0 Å². The summed E-state index contributed by atoms with van der Waals surface area (Å²) < 4.78 is 0. The van der Waals surface area contributed by atoms with Gasteiger partial charge in [-0.2, -0.15) is 0 Å². The second-order valence-corrected chi connectivity index (χ2v) is 6.88. The summed E-state index contributed by atoms with van der Waals surface area (Å²) in [6, 6.07) is -0.471. The predicted molar refractivity (Wildman–Crippen MR) is 79.0 cm³/mol. The van der Waals surface area contributed by atoms with Crippen molar-refractivity contribution >= 4 is 17.8 Å². The average Bonchev–Trinajstić information content (AvgIpc) is 3.01. The standard InChI is InChI=1S/C16H24N2O4/c1-10(16(21)22)18(13-6-7-13)15(20)11-8-14(19)17(9-11)12-4-2-3-5-12/h10-13H,2-9H2,1H3,(H,21,22). The Morgan fingerprint density at radius 3 is 2.41 bits per heavy atom. The molecule has 0 spiro atoms. The highest BCUT2D eigenvalue weighted by molar-refractivity contribution is 5.91. The van der Waals surface area contributed by atoms with Gasteiger partial charge in [-0.25, -0.2) is 4.79 Å². The second-order valence-electron chi connectivity index (χ2n) is 6.88. The van der Waals surface area contributed by atoms with Crippen LogP contribution in [0.5, 0.6) is 0 Å². The number of amides is 2. The number of hydrogen-bond acceptors (Lipinski definition) is 3. The van der Waals surface area contributed by atoms with E-state index in [1.807, 2.05) is 4.90 Å². The highest BCUT2D eigenvalue weighted by atomic mass is 16.4. The topological polar surface area (TPSA) is 77.9 Å². The van der Waals surface area contributed by atoms with Gasteiger partial charge >= 0.3 is 5.97 Å². The van der Waals surface area contributed by atoms with E-state index < -0.39 is 12.0 Å². The molecule has 1 aliphatic heterocycles. The fourth-order valence-corrected chi connectivity index (χ4v) is 3.84. The minimum absolute atomic E-state index is 0.0502. The van der Waals surface area contributed by atoms with Crippen molar-refractivity contribution in [3.8, 4) is 0 Å². The van der Waals surface area contributed by atoms with Crippen LogP contribution in [0.1, 0.15) is 51.9 Å². The summed E-state index contributed by atoms with van der Waals surface area (Å²) in [4.78, 5) is 39.6. The molecule has 1 heterocycles. The molecule has 2 amide bonds. The van der Waals surface area contributed by atoms with Crippen molar-refractivity contribution in [2.75, 3.05) is 6.54 Å². The third-order valence-electron chi connectivity index (χ3n) is 5.24. The van der Waals surface area contributed by atoms with Crippen LogP contribution in [0, 0.1) is 5.92 Å². The summed E-state index contributed by atoms with van der Waals surface area (Å²) in [5.74, 6) is -1.43. The summed E-state index contributed by atoms with van der Waals surface area (Å²) in [7, 11) is 0. The first-order valence-corrected chi connectivity index (χ1v) is 8.33. The minimum Gasteiger partial charge on any atom is -0.480 e. The van der Waals surface area contributed by atoms with Gasteiger partial charge in [0.05, 0.1) is 5.92 Å². The zero-order chi connectivity index (χ0) is 15.9. The lowest BCUT2D eigenvalue weighted by atomic mass is 10.1. The highest BCUT2D eigenvalue weighted by Gasteiger charge is 2.45. The Hall–Kier alpha value is -1.59. The fourth-order valence-electron chi connectivity index (χ4n) is 3.84. The van der Waals surface area contributed by atoms with Gasteiger partial charge in [0.2, 0.25) is 11.8 Å². The van der Waals surface area contributed by atoms with Gasteiger partial charge in [0.25, 0.3) is 0 Å². The third-order valence-corrected chi connectivity index (χ3v) is 5.24. The molecule has 22 heavy (non-hydrogen) atoms. The maximum atomic E-state index is 12.8. The number of carbonyl (C=O) groups is 3. The normalized spacial score (nSPS) is 27.2. The molecule has 0 aromatic rings. The number of aliphatic carboxylic acids is 1. The summed E-state index contributed by atoms with van der Waals surface area (Å²) in [5, 5.41) is 9.23. The van der Waals surface area contributed by atoms with Gasteiger partial charge in [0.15, 0.2) is 0 Å². The van der Waals surface area contributed by atoms with Crippen LogP contribution in [-0.2, 0) is 14.4 Å². The van der Waals surface area contributed by atoms with Crippen molar-refractivity contribution in [3.63, 3.8) is 0 Å². The van der Waals surface area contributed by atoms with E-state index in [0.717, 1.165) is 38.5 Å². The molecule has 122 valence electrons. The summed E-state index contributed by atoms with van der Waals surface area (Å²) in [6.07, 6.45) is 6.35. The zero-order valence-corrected chi connectivity index (χ0v) is 13.0. The summed E-state index contributed by atoms with van der Waals surface area (Å²) >= 11 is 0. The molecule has 3 aliphatic rings. The molecule has 2 aliphatic carbocycles. The SMILES string of the molecule is CC(C(=O)O)N(C(=O)C1CC(=O)N(C2CCCC2)C1)C1CC1. The molecule has 3 fully saturated rings. The van der Waals surface area contributed by atoms with E-state index in [9.17, 15) is 19.5 Å². The first kappa shape index (κ1) is 15.3. The monoisotopic (exact) mass is 308 g/mol. The predicted octanol–water partition coefficient (Wildman–Crippen LogP) is 1.24. The maximum absolute atomic E-state index is 12.8. The zero-order valence-electron chi connectivity index (χ0n) is 13.0. The highest BCUT2D eigenvalue weighted by Crippen LogP contribution is 2.34. The van der Waals surface area contributed by atoms with Gasteiger partial charge < -0.3 is 14.9 Å². The quantitative estimate of drug-likeness (QED) is 0.829. The van der Waals surface area contributed by atoms with E-state index >= 15 is 0 Å². The van der Waals surface area contributed by atoms with Crippen LogP contribution >= 0.6 is 0 Å². The summed E-state index contributed by atoms with van der Waals surface area (Å²) in [6.45, 7) is 2.03. The molecular formula is C16H24N2O4. The summed E-state index contributed by atoms with van der Waals surface area (Å²) in [5.41, 5.74) is 0. The molecule has 1 N–H and O–H groups in total. The molecule has 2 saturated carbocycles. The van der Waals surface area contributed by atoms with Crippen molar-refractivity contribution < 1.29 is 19.5 Å². The van der Waals surface area contributed by atoms with Crippen LogP contribution < -0.4 is 0 Å². The lowest BCUT2D eigenvalue weighted by Gasteiger charge is -2.29. The average molecular weight is 308 g/mol. The van der Waals surface area contributed by atoms with Crippen LogP contribution in [0.3, 0.4) is 0 Å². The molecule has 2 atom stereocenters. The van der Waals surface area contributed by atoms with Gasteiger partial charge in [-0.3, -0.25) is 9.59 Å². The Morgan fingerprint density at radius 2 is 1.86 bits per heavy atom. The Bertz CT molecular complexity index is 483. The molecule has 6 nitrogen and oxygen atoms in total. The number of likely N-dealkylation sites (tertiary alicyclic amines) is 1. The largest absolute Gasteiger partial charge is 0.480 e. The van der Waals surface area contributed by atoms with Crippen molar-refractivity contribution in [1.82, 2.24) is 9.80 Å². The second kappa shape index (κ2) is 5.89. The van der Waals surface area contributed by atoms with Crippen molar-refractivity contribution in [2.24, 2.45) is 5.92 Å². The number of rotatable bonds is 5. The number of hydrogen-bond donors (Lipinski definition) is 1. The Labute approximate surface area is 130 Å². The number of carboxylic acids is 1. The number of nitrogens with zero attached hydrogens (tertiary/aromatic N) is 2. The van der Waals surface area contributed by atoms with Crippen molar-refractivity contribution in [1.29, 1.82) is 0 Å². The third kappa shape index (κ3) is 2.83. The van der Waals surface area contributed by atoms with E-state index in [1.165, 1.54) is 4.90 Å². The number of carboxylic acid groups (broad SMARTS) is 1. The van der Waals surface area contributed by atoms with Crippen LogP contribution in [-0.4, -0.2) is 57.4 Å². The minimum atomic E-state index is -0.975. The smallest absolute Gasteiger partial charge is 0.326 e. The Balaban J connectivity index is 1.69. The molecule has 3 rings (SSSR count). The molecular weight excluding hydrogens is 284 g/mol. The molecule has 6 heteroatoms. The molecule has 0 aromatic heterocycles. The number of carbonyl (C=O) groups excluding carboxylic acids is 2. The van der Waals surface area contributed by atoms with E-state index in [1.54, 1.807) is 6.92 Å². The first-order chi connectivity index (χ1) is 10.5. The van der Waals surface area contributed by atoms with Crippen LogP contribution in [0.15, 0.2) is 0 Å².